The molecule has 2 nitrogen and oxygen atoms in total. The van der Waals surface area contributed by atoms with E-state index in [2.05, 4.69) is 13.8 Å². The first-order valence-electron chi connectivity index (χ1n) is 7.42. The molecular formula is C17H26ClNO. The summed E-state index contributed by atoms with van der Waals surface area (Å²) in [7, 11) is 0. The molecule has 1 aromatic rings. The predicted octanol–water partition coefficient (Wildman–Crippen LogP) is 4.09. The van der Waals surface area contributed by atoms with Gasteiger partial charge in [0, 0.05) is 22.5 Å². The molecule has 0 aliphatic heterocycles. The molecule has 112 valence electrons. The van der Waals surface area contributed by atoms with Gasteiger partial charge in [-0.15, -0.1) is 0 Å². The van der Waals surface area contributed by atoms with E-state index >= 15 is 0 Å². The number of hydrogen-bond acceptors (Lipinski definition) is 2. The van der Waals surface area contributed by atoms with Gasteiger partial charge < -0.3 is 10.8 Å². The van der Waals surface area contributed by atoms with Gasteiger partial charge in [-0.3, -0.25) is 0 Å². The Bertz CT molecular complexity index is 472. The molecule has 3 heteroatoms. The van der Waals surface area contributed by atoms with E-state index in [1.807, 2.05) is 31.2 Å². The second kappa shape index (κ2) is 5.32. The highest BCUT2D eigenvalue weighted by Gasteiger charge is 2.50. The number of halogens is 1. The van der Waals surface area contributed by atoms with Crippen molar-refractivity contribution in [2.24, 2.45) is 16.6 Å². The highest BCUT2D eigenvalue weighted by molar-refractivity contribution is 6.31. The first kappa shape index (κ1) is 15.8. The Kier molecular flexibility index (Phi) is 4.21. The van der Waals surface area contributed by atoms with Crippen LogP contribution in [0.2, 0.25) is 5.02 Å². The van der Waals surface area contributed by atoms with Gasteiger partial charge in [0.05, 0.1) is 5.60 Å². The smallest absolute Gasteiger partial charge is 0.0950 e. The number of rotatable bonds is 3. The zero-order valence-electron chi connectivity index (χ0n) is 12.7. The maximum atomic E-state index is 11.2. The van der Waals surface area contributed by atoms with Crippen LogP contribution in [0.4, 0.5) is 0 Å². The molecule has 0 saturated heterocycles. The van der Waals surface area contributed by atoms with Gasteiger partial charge in [-0.25, -0.2) is 0 Å². The molecule has 0 aromatic heterocycles. The van der Waals surface area contributed by atoms with Crippen LogP contribution >= 0.6 is 11.6 Å². The van der Waals surface area contributed by atoms with Crippen molar-refractivity contribution in [3.8, 4) is 0 Å². The van der Waals surface area contributed by atoms with Crippen molar-refractivity contribution in [1.82, 2.24) is 0 Å². The fourth-order valence-corrected chi connectivity index (χ4v) is 3.76. The number of benzene rings is 1. The Morgan fingerprint density at radius 1 is 1.20 bits per heavy atom. The van der Waals surface area contributed by atoms with Gasteiger partial charge in [0.15, 0.2) is 0 Å². The van der Waals surface area contributed by atoms with Crippen LogP contribution < -0.4 is 5.73 Å². The first-order valence-corrected chi connectivity index (χ1v) is 7.79. The van der Waals surface area contributed by atoms with E-state index in [0.717, 1.165) is 31.2 Å². The summed E-state index contributed by atoms with van der Waals surface area (Å²) in [6.07, 6.45) is 4.05. The van der Waals surface area contributed by atoms with Gasteiger partial charge in [0.1, 0.15) is 0 Å². The molecule has 0 heterocycles. The van der Waals surface area contributed by atoms with Gasteiger partial charge in [-0.05, 0) is 44.1 Å². The number of aliphatic hydroxyl groups is 1. The molecule has 1 fully saturated rings. The van der Waals surface area contributed by atoms with Gasteiger partial charge in [-0.1, -0.05) is 43.6 Å². The molecule has 3 N–H and O–H groups in total. The third-order valence-corrected chi connectivity index (χ3v) is 5.71. The van der Waals surface area contributed by atoms with E-state index in [1.165, 1.54) is 0 Å². The summed E-state index contributed by atoms with van der Waals surface area (Å²) >= 11 is 6.30. The quantitative estimate of drug-likeness (QED) is 0.882. The SMILES string of the molecule is CC1(C)CCC(CN)(C(C)(O)c2ccccc2Cl)CC1. The molecule has 1 saturated carbocycles. The van der Waals surface area contributed by atoms with Crippen molar-refractivity contribution in [2.45, 2.75) is 52.1 Å². The Balaban J connectivity index is 2.38. The van der Waals surface area contributed by atoms with Gasteiger partial charge in [-0.2, -0.15) is 0 Å². The summed E-state index contributed by atoms with van der Waals surface area (Å²) in [6, 6.07) is 7.56. The van der Waals surface area contributed by atoms with Crippen molar-refractivity contribution in [1.29, 1.82) is 0 Å². The molecule has 1 atom stereocenters. The van der Waals surface area contributed by atoms with Gasteiger partial charge in [0.25, 0.3) is 0 Å². The van der Waals surface area contributed by atoms with Gasteiger partial charge >= 0.3 is 0 Å². The largest absolute Gasteiger partial charge is 0.385 e. The van der Waals surface area contributed by atoms with Crippen LogP contribution in [0.25, 0.3) is 0 Å². The summed E-state index contributed by atoms with van der Waals surface area (Å²) in [5, 5.41) is 11.9. The monoisotopic (exact) mass is 295 g/mol. The van der Waals surface area contributed by atoms with E-state index in [0.29, 0.717) is 17.0 Å². The molecule has 0 radical (unpaired) electrons. The van der Waals surface area contributed by atoms with Crippen molar-refractivity contribution < 1.29 is 5.11 Å². The Morgan fingerprint density at radius 2 is 1.75 bits per heavy atom. The molecule has 1 aliphatic rings. The van der Waals surface area contributed by atoms with Crippen molar-refractivity contribution in [2.75, 3.05) is 6.54 Å². The zero-order valence-corrected chi connectivity index (χ0v) is 13.5. The lowest BCUT2D eigenvalue weighted by atomic mass is 9.57. The first-order chi connectivity index (χ1) is 9.24. The predicted molar refractivity (Wildman–Crippen MR) is 84.8 cm³/mol. The van der Waals surface area contributed by atoms with Crippen LogP contribution in [0.1, 0.15) is 52.0 Å². The molecule has 0 amide bonds. The average molecular weight is 296 g/mol. The molecular weight excluding hydrogens is 270 g/mol. The summed E-state index contributed by atoms with van der Waals surface area (Å²) in [5.41, 5.74) is 5.96. The fraction of sp³-hybridized carbons (Fsp3) is 0.647. The maximum absolute atomic E-state index is 11.2. The summed E-state index contributed by atoms with van der Waals surface area (Å²) < 4.78 is 0. The number of hydrogen-bond donors (Lipinski definition) is 2. The molecule has 1 aliphatic carbocycles. The molecule has 1 aromatic carbocycles. The van der Waals surface area contributed by atoms with E-state index in [1.54, 1.807) is 0 Å². The summed E-state index contributed by atoms with van der Waals surface area (Å²) in [4.78, 5) is 0. The lowest BCUT2D eigenvalue weighted by molar-refractivity contribution is -0.105. The van der Waals surface area contributed by atoms with Crippen molar-refractivity contribution >= 4 is 11.6 Å². The number of nitrogens with two attached hydrogens (primary N) is 1. The minimum atomic E-state index is -0.989. The fourth-order valence-electron chi connectivity index (χ4n) is 3.44. The molecule has 20 heavy (non-hydrogen) atoms. The van der Waals surface area contributed by atoms with E-state index in [9.17, 15) is 5.11 Å². The van der Waals surface area contributed by atoms with Crippen LogP contribution in [0, 0.1) is 10.8 Å². The third kappa shape index (κ3) is 2.61. The summed E-state index contributed by atoms with van der Waals surface area (Å²) in [6.45, 7) is 6.94. The minimum absolute atomic E-state index is 0.284. The highest BCUT2D eigenvalue weighted by Crippen LogP contribution is 2.54. The maximum Gasteiger partial charge on any atom is 0.0950 e. The standard InChI is InChI=1S/C17H26ClNO/c1-15(2)8-10-17(12-19,11-9-15)16(3,20)13-6-4-5-7-14(13)18/h4-7,20H,8-12,19H2,1-3H3. The summed E-state index contributed by atoms with van der Waals surface area (Å²) in [5.74, 6) is 0. The van der Waals surface area contributed by atoms with Gasteiger partial charge in [0.2, 0.25) is 0 Å². The topological polar surface area (TPSA) is 46.2 Å². The van der Waals surface area contributed by atoms with Crippen LogP contribution in [0.15, 0.2) is 24.3 Å². The zero-order chi connectivity index (χ0) is 15.0. The Morgan fingerprint density at radius 3 is 2.25 bits per heavy atom. The molecule has 1 unspecified atom stereocenters. The second-order valence-electron chi connectivity index (χ2n) is 7.20. The van der Waals surface area contributed by atoms with E-state index in [4.69, 9.17) is 17.3 Å². The molecule has 0 bridgehead atoms. The molecule has 0 spiro atoms. The van der Waals surface area contributed by atoms with Crippen molar-refractivity contribution in [3.63, 3.8) is 0 Å². The Hall–Kier alpha value is -0.570. The van der Waals surface area contributed by atoms with Crippen LogP contribution in [-0.4, -0.2) is 11.7 Å². The lowest BCUT2D eigenvalue weighted by Gasteiger charge is -2.51. The Labute approximate surface area is 127 Å². The second-order valence-corrected chi connectivity index (χ2v) is 7.61. The minimum Gasteiger partial charge on any atom is -0.385 e. The average Bonchev–Trinajstić information content (AvgIpc) is 2.39. The normalized spacial score (nSPS) is 24.1. The van der Waals surface area contributed by atoms with E-state index in [-0.39, 0.29) is 5.41 Å². The molecule has 2 rings (SSSR count). The lowest BCUT2D eigenvalue weighted by Crippen LogP contribution is -2.51. The van der Waals surface area contributed by atoms with Crippen LogP contribution in [-0.2, 0) is 5.60 Å². The van der Waals surface area contributed by atoms with Crippen molar-refractivity contribution in [3.05, 3.63) is 34.9 Å². The third-order valence-electron chi connectivity index (χ3n) is 5.38. The van der Waals surface area contributed by atoms with Crippen LogP contribution in [0.5, 0.6) is 0 Å². The highest BCUT2D eigenvalue weighted by atomic mass is 35.5. The van der Waals surface area contributed by atoms with E-state index < -0.39 is 5.60 Å². The van der Waals surface area contributed by atoms with Crippen LogP contribution in [0.3, 0.4) is 0 Å².